The lowest BCUT2D eigenvalue weighted by Gasteiger charge is -2.07. The van der Waals surface area contributed by atoms with Crippen LogP contribution in [0.3, 0.4) is 0 Å². The second kappa shape index (κ2) is 4.93. The Labute approximate surface area is 108 Å². The Balaban J connectivity index is 2.59. The van der Waals surface area contributed by atoms with Crippen LogP contribution in [0.5, 0.6) is 0 Å². The van der Waals surface area contributed by atoms with E-state index in [1.165, 1.54) is 6.07 Å². The van der Waals surface area contributed by atoms with E-state index in [2.05, 4.69) is 22.6 Å². The fraction of sp³-hybridized carbons (Fsp3) is 0.0769. The van der Waals surface area contributed by atoms with Crippen molar-refractivity contribution in [3.63, 3.8) is 0 Å². The molecule has 2 aromatic rings. The van der Waals surface area contributed by atoms with E-state index in [0.717, 1.165) is 14.7 Å². The minimum Gasteiger partial charge on any atom is -0.326 e. The molecule has 1 nitrogen and oxygen atoms in total. The number of hydrogen-bond donors (Lipinski definition) is 1. The van der Waals surface area contributed by atoms with E-state index in [0.29, 0.717) is 12.1 Å². The molecule has 2 aromatic carbocycles. The molecule has 3 heteroatoms. The summed E-state index contributed by atoms with van der Waals surface area (Å²) in [7, 11) is 0. The Kier molecular flexibility index (Phi) is 3.56. The maximum Gasteiger partial charge on any atom is 0.131 e. The van der Waals surface area contributed by atoms with Gasteiger partial charge < -0.3 is 5.73 Å². The first-order valence-electron chi connectivity index (χ1n) is 4.96. The normalized spacial score (nSPS) is 10.4. The van der Waals surface area contributed by atoms with Crippen molar-refractivity contribution in [2.75, 3.05) is 0 Å². The summed E-state index contributed by atoms with van der Waals surface area (Å²) in [6.45, 7) is 0.427. The number of hydrogen-bond acceptors (Lipinski definition) is 1. The standard InChI is InChI=1S/C13H11FIN/c14-12-6-5-9(8-16)7-11(12)10-3-1-2-4-13(10)15/h1-7H,8,16H2. The van der Waals surface area contributed by atoms with Crippen molar-refractivity contribution in [3.8, 4) is 11.1 Å². The van der Waals surface area contributed by atoms with Crippen LogP contribution in [-0.4, -0.2) is 0 Å². The van der Waals surface area contributed by atoms with E-state index in [1.807, 2.05) is 30.3 Å². The molecule has 16 heavy (non-hydrogen) atoms. The van der Waals surface area contributed by atoms with E-state index in [9.17, 15) is 4.39 Å². The smallest absolute Gasteiger partial charge is 0.131 e. The van der Waals surface area contributed by atoms with Crippen LogP contribution in [0.25, 0.3) is 11.1 Å². The van der Waals surface area contributed by atoms with E-state index < -0.39 is 0 Å². The third kappa shape index (κ3) is 2.25. The average molecular weight is 327 g/mol. The molecule has 0 heterocycles. The molecule has 0 aromatic heterocycles. The molecule has 0 aliphatic carbocycles. The van der Waals surface area contributed by atoms with Crippen molar-refractivity contribution in [1.29, 1.82) is 0 Å². The Bertz CT molecular complexity index is 511. The lowest BCUT2D eigenvalue weighted by atomic mass is 10.0. The highest BCUT2D eigenvalue weighted by Crippen LogP contribution is 2.28. The summed E-state index contributed by atoms with van der Waals surface area (Å²) in [6.07, 6.45) is 0. The lowest BCUT2D eigenvalue weighted by Crippen LogP contribution is -1.97. The van der Waals surface area contributed by atoms with Gasteiger partial charge >= 0.3 is 0 Å². The molecule has 0 spiro atoms. The van der Waals surface area contributed by atoms with Crippen LogP contribution in [-0.2, 0) is 6.54 Å². The summed E-state index contributed by atoms with van der Waals surface area (Å²) >= 11 is 2.21. The number of halogens is 2. The second-order valence-electron chi connectivity index (χ2n) is 3.50. The highest BCUT2D eigenvalue weighted by molar-refractivity contribution is 14.1. The highest BCUT2D eigenvalue weighted by atomic mass is 127. The van der Waals surface area contributed by atoms with Crippen molar-refractivity contribution in [3.05, 3.63) is 57.4 Å². The SMILES string of the molecule is NCc1ccc(F)c(-c2ccccc2I)c1. The Morgan fingerprint density at radius 2 is 1.81 bits per heavy atom. The zero-order valence-corrected chi connectivity index (χ0v) is 10.7. The molecule has 0 aliphatic rings. The van der Waals surface area contributed by atoms with Crippen LogP contribution >= 0.6 is 22.6 Å². The summed E-state index contributed by atoms with van der Waals surface area (Å²) in [5.41, 5.74) is 8.03. The first kappa shape index (κ1) is 11.5. The zero-order valence-electron chi connectivity index (χ0n) is 8.58. The Morgan fingerprint density at radius 1 is 1.06 bits per heavy atom. The van der Waals surface area contributed by atoms with Gasteiger partial charge in [-0.05, 0) is 51.9 Å². The molecule has 2 rings (SSSR count). The van der Waals surface area contributed by atoms with Crippen LogP contribution in [0, 0.1) is 9.39 Å². The molecule has 0 radical (unpaired) electrons. The average Bonchev–Trinajstić information content (AvgIpc) is 2.31. The van der Waals surface area contributed by atoms with Gasteiger partial charge in [0.25, 0.3) is 0 Å². The van der Waals surface area contributed by atoms with E-state index in [-0.39, 0.29) is 5.82 Å². The van der Waals surface area contributed by atoms with Gasteiger partial charge in [0, 0.05) is 15.7 Å². The van der Waals surface area contributed by atoms with Gasteiger partial charge in [-0.25, -0.2) is 4.39 Å². The molecule has 0 unspecified atom stereocenters. The topological polar surface area (TPSA) is 26.0 Å². The molecule has 0 atom stereocenters. The lowest BCUT2D eigenvalue weighted by molar-refractivity contribution is 0.630. The van der Waals surface area contributed by atoms with Crippen LogP contribution < -0.4 is 5.73 Å². The quantitative estimate of drug-likeness (QED) is 0.839. The summed E-state index contributed by atoms with van der Waals surface area (Å²) in [5, 5.41) is 0. The summed E-state index contributed by atoms with van der Waals surface area (Å²) < 4.78 is 14.8. The maximum atomic E-state index is 13.7. The van der Waals surface area contributed by atoms with Gasteiger partial charge in [0.1, 0.15) is 5.82 Å². The van der Waals surface area contributed by atoms with Crippen LogP contribution in [0.2, 0.25) is 0 Å². The summed E-state index contributed by atoms with van der Waals surface area (Å²) in [5.74, 6) is -0.207. The maximum absolute atomic E-state index is 13.7. The van der Waals surface area contributed by atoms with Gasteiger partial charge in [-0.3, -0.25) is 0 Å². The van der Waals surface area contributed by atoms with Gasteiger partial charge in [0.05, 0.1) is 0 Å². The predicted octanol–water partition coefficient (Wildman–Crippen LogP) is 3.56. The summed E-state index contributed by atoms with van der Waals surface area (Å²) in [6, 6.07) is 12.7. The first-order valence-corrected chi connectivity index (χ1v) is 6.03. The van der Waals surface area contributed by atoms with Crippen molar-refractivity contribution in [1.82, 2.24) is 0 Å². The number of rotatable bonds is 2. The van der Waals surface area contributed by atoms with E-state index >= 15 is 0 Å². The number of nitrogens with two attached hydrogens (primary N) is 1. The third-order valence-corrected chi connectivity index (χ3v) is 3.37. The molecule has 0 fully saturated rings. The molecular weight excluding hydrogens is 316 g/mol. The molecule has 82 valence electrons. The first-order chi connectivity index (χ1) is 7.72. The fourth-order valence-electron chi connectivity index (χ4n) is 1.59. The molecule has 0 saturated carbocycles. The van der Waals surface area contributed by atoms with Gasteiger partial charge in [-0.15, -0.1) is 0 Å². The van der Waals surface area contributed by atoms with Crippen molar-refractivity contribution in [2.24, 2.45) is 5.73 Å². The van der Waals surface area contributed by atoms with Gasteiger partial charge in [0.15, 0.2) is 0 Å². The molecule has 0 amide bonds. The van der Waals surface area contributed by atoms with Crippen LogP contribution in [0.4, 0.5) is 4.39 Å². The molecule has 0 bridgehead atoms. The Hall–Kier alpha value is -0.940. The van der Waals surface area contributed by atoms with E-state index in [1.54, 1.807) is 6.07 Å². The van der Waals surface area contributed by atoms with E-state index in [4.69, 9.17) is 5.73 Å². The minimum absolute atomic E-state index is 0.207. The number of benzene rings is 2. The zero-order chi connectivity index (χ0) is 11.5. The largest absolute Gasteiger partial charge is 0.326 e. The highest BCUT2D eigenvalue weighted by Gasteiger charge is 2.08. The Morgan fingerprint density at radius 3 is 2.50 bits per heavy atom. The molecule has 2 N–H and O–H groups in total. The minimum atomic E-state index is -0.207. The van der Waals surface area contributed by atoms with Gasteiger partial charge in [-0.1, -0.05) is 24.3 Å². The predicted molar refractivity (Wildman–Crippen MR) is 72.4 cm³/mol. The van der Waals surface area contributed by atoms with Crippen molar-refractivity contribution >= 4 is 22.6 Å². The monoisotopic (exact) mass is 327 g/mol. The van der Waals surface area contributed by atoms with Crippen molar-refractivity contribution < 1.29 is 4.39 Å². The molecule has 0 aliphatic heterocycles. The van der Waals surface area contributed by atoms with Crippen molar-refractivity contribution in [2.45, 2.75) is 6.54 Å². The third-order valence-electron chi connectivity index (χ3n) is 2.43. The van der Waals surface area contributed by atoms with Gasteiger partial charge in [0.2, 0.25) is 0 Å². The van der Waals surface area contributed by atoms with Gasteiger partial charge in [-0.2, -0.15) is 0 Å². The van der Waals surface area contributed by atoms with Crippen LogP contribution in [0.15, 0.2) is 42.5 Å². The second-order valence-corrected chi connectivity index (χ2v) is 4.66. The van der Waals surface area contributed by atoms with Crippen LogP contribution in [0.1, 0.15) is 5.56 Å². The summed E-state index contributed by atoms with van der Waals surface area (Å²) in [4.78, 5) is 0. The fourth-order valence-corrected chi connectivity index (χ4v) is 2.26. The molecule has 0 saturated heterocycles. The molecular formula is C13H11FIN.